The average Bonchev–Trinajstić information content (AvgIpc) is 4.01. The molecule has 2 bridgehead atoms. The highest BCUT2D eigenvalue weighted by Gasteiger charge is 2.43. The third-order valence-corrected chi connectivity index (χ3v) is 10.5. The van der Waals surface area contributed by atoms with Crippen molar-refractivity contribution < 1.29 is 24.2 Å². The number of methoxy groups -OCH3 is 1. The maximum Gasteiger partial charge on any atom is 0.407 e. The van der Waals surface area contributed by atoms with E-state index in [0.717, 1.165) is 64.6 Å². The predicted octanol–water partition coefficient (Wildman–Crippen LogP) is 5.71. The number of H-pyrrole nitrogens is 2. The fourth-order valence-corrected chi connectivity index (χ4v) is 7.82. The summed E-state index contributed by atoms with van der Waals surface area (Å²) in [7, 11) is 1.30. The van der Waals surface area contributed by atoms with Crippen molar-refractivity contribution in [2.24, 2.45) is 23.7 Å². The normalized spacial score (nSPS) is 21.2. The van der Waals surface area contributed by atoms with E-state index in [0.29, 0.717) is 19.0 Å². The van der Waals surface area contributed by atoms with Gasteiger partial charge in [0.25, 0.3) is 0 Å². The number of carbonyl (C=O) groups is 3. The first-order valence-electron chi connectivity index (χ1n) is 18.0. The second kappa shape index (κ2) is 16.4. The molecule has 5 unspecified atom stereocenters. The summed E-state index contributed by atoms with van der Waals surface area (Å²) in [6.45, 7) is 4.90. The number of hydrogen-bond acceptors (Lipinski definition) is 7. The molecule has 0 radical (unpaired) electrons. The van der Waals surface area contributed by atoms with Crippen LogP contribution in [-0.4, -0.2) is 80.7 Å². The third kappa shape index (κ3) is 8.33. The SMILES string of the molecule is COC(=O)NC(C(=O)N1CCCC1c1ncc(-c2ccc(-c3ccc(-c4cnc[nH]4)cc3)cc2)[nH]1)C(C)C.O=C(NCCO)C1CC2CCC1C2. The molecule has 3 amide bonds. The Labute approximate surface area is 298 Å². The van der Waals surface area contributed by atoms with Gasteiger partial charge in [0, 0.05) is 19.0 Å². The lowest BCUT2D eigenvalue weighted by Gasteiger charge is -2.30. The van der Waals surface area contributed by atoms with Crippen LogP contribution in [0, 0.1) is 23.7 Å². The van der Waals surface area contributed by atoms with E-state index in [4.69, 9.17) is 9.84 Å². The number of aromatic nitrogens is 4. The van der Waals surface area contributed by atoms with E-state index in [2.05, 4.69) is 79.1 Å². The first-order valence-corrected chi connectivity index (χ1v) is 18.0. The van der Waals surface area contributed by atoms with Crippen molar-refractivity contribution >= 4 is 17.9 Å². The summed E-state index contributed by atoms with van der Waals surface area (Å²) in [6, 6.07) is 15.9. The highest BCUT2D eigenvalue weighted by Crippen LogP contribution is 2.48. The van der Waals surface area contributed by atoms with Crippen LogP contribution < -0.4 is 10.6 Å². The molecule has 5 atom stereocenters. The zero-order chi connectivity index (χ0) is 35.9. The minimum atomic E-state index is -0.654. The van der Waals surface area contributed by atoms with E-state index < -0.39 is 12.1 Å². The lowest BCUT2D eigenvalue weighted by Crippen LogP contribution is -2.51. The number of amides is 3. The number of imidazole rings is 2. The average molecular weight is 696 g/mol. The van der Waals surface area contributed by atoms with E-state index in [-0.39, 0.29) is 36.3 Å². The Morgan fingerprint density at radius 2 is 1.63 bits per heavy atom. The molecule has 270 valence electrons. The highest BCUT2D eigenvalue weighted by molar-refractivity contribution is 5.86. The standard InChI is InChI=1S/C29H32N6O3.C10H17NO2/c1-18(2)26(34-29(37)38-3)28(36)35-14-4-5-25(35)27-31-16-24(33-27)22-12-8-20(9-13-22)19-6-10-21(11-7-19)23-15-30-17-32-23;12-4-3-11-10(13)9-6-7-1-2-8(9)5-7/h6-13,15-18,25-26H,4-5,14H2,1-3H3,(H,30,32)(H,31,33)(H,34,37);7-9,12H,1-6H2,(H,11,13). The fourth-order valence-electron chi connectivity index (χ4n) is 7.82. The molecule has 3 fully saturated rings. The van der Waals surface area contributed by atoms with Crippen molar-refractivity contribution in [3.8, 4) is 33.6 Å². The highest BCUT2D eigenvalue weighted by atomic mass is 16.5. The molecular formula is C39H49N7O5. The maximum absolute atomic E-state index is 13.4. The number of benzene rings is 2. The lowest BCUT2D eigenvalue weighted by molar-refractivity contribution is -0.135. The Morgan fingerprint density at radius 3 is 2.20 bits per heavy atom. The summed E-state index contributed by atoms with van der Waals surface area (Å²) >= 11 is 0. The molecule has 2 aliphatic carbocycles. The van der Waals surface area contributed by atoms with Crippen LogP contribution in [0.15, 0.2) is 67.3 Å². The summed E-state index contributed by atoms with van der Waals surface area (Å²) < 4.78 is 4.72. The van der Waals surface area contributed by atoms with Crippen molar-refractivity contribution in [2.45, 2.75) is 64.5 Å². The van der Waals surface area contributed by atoms with Crippen LogP contribution in [0.1, 0.15) is 64.2 Å². The first kappa shape index (κ1) is 35.8. The molecule has 1 aliphatic heterocycles. The van der Waals surface area contributed by atoms with Crippen LogP contribution in [-0.2, 0) is 14.3 Å². The van der Waals surface area contributed by atoms with Crippen LogP contribution >= 0.6 is 0 Å². The molecule has 5 N–H and O–H groups in total. The molecule has 2 saturated carbocycles. The number of aliphatic hydroxyl groups is 1. The van der Waals surface area contributed by atoms with Gasteiger partial charge in [0.15, 0.2) is 0 Å². The molecule has 4 aromatic rings. The number of aromatic amines is 2. The number of hydrogen-bond donors (Lipinski definition) is 5. The van der Waals surface area contributed by atoms with Gasteiger partial charge in [0.05, 0.1) is 49.9 Å². The Balaban J connectivity index is 0.000000288. The zero-order valence-electron chi connectivity index (χ0n) is 29.6. The predicted molar refractivity (Wildman–Crippen MR) is 194 cm³/mol. The Hall–Kier alpha value is -4.97. The van der Waals surface area contributed by atoms with Crippen molar-refractivity contribution in [2.75, 3.05) is 26.8 Å². The van der Waals surface area contributed by atoms with Gasteiger partial charge in [-0.25, -0.2) is 14.8 Å². The van der Waals surface area contributed by atoms with Gasteiger partial charge in [-0.05, 0) is 72.1 Å². The molecule has 1 saturated heterocycles. The number of rotatable bonds is 10. The van der Waals surface area contributed by atoms with Gasteiger partial charge in [-0.15, -0.1) is 0 Å². The molecule has 3 heterocycles. The summed E-state index contributed by atoms with van der Waals surface area (Å²) in [4.78, 5) is 53.8. The quantitative estimate of drug-likeness (QED) is 0.142. The van der Waals surface area contributed by atoms with Gasteiger partial charge in [0.2, 0.25) is 11.8 Å². The molecule has 0 spiro atoms. The van der Waals surface area contributed by atoms with Gasteiger partial charge in [-0.1, -0.05) is 68.8 Å². The Kier molecular flexibility index (Phi) is 11.5. The first-order chi connectivity index (χ1) is 24.7. The smallest absolute Gasteiger partial charge is 0.407 e. The second-order valence-electron chi connectivity index (χ2n) is 14.1. The number of alkyl carbamates (subject to hydrolysis) is 1. The number of fused-ring (bicyclic) bond motifs is 2. The van der Waals surface area contributed by atoms with E-state index in [1.54, 1.807) is 6.33 Å². The molecule has 7 rings (SSSR count). The van der Waals surface area contributed by atoms with Gasteiger partial charge in [0.1, 0.15) is 11.9 Å². The topological polar surface area (TPSA) is 165 Å². The molecule has 12 nitrogen and oxygen atoms in total. The van der Waals surface area contributed by atoms with Crippen LogP contribution in [0.3, 0.4) is 0 Å². The Morgan fingerprint density at radius 1 is 0.941 bits per heavy atom. The molecule has 51 heavy (non-hydrogen) atoms. The Bertz CT molecular complexity index is 1750. The van der Waals surface area contributed by atoms with Crippen LogP contribution in [0.4, 0.5) is 4.79 Å². The number of nitrogens with one attached hydrogen (secondary N) is 4. The van der Waals surface area contributed by atoms with E-state index in [9.17, 15) is 14.4 Å². The number of carbonyl (C=O) groups excluding carboxylic acids is 3. The van der Waals surface area contributed by atoms with E-state index in [1.807, 2.05) is 31.1 Å². The molecule has 12 heteroatoms. The number of nitrogens with zero attached hydrogens (tertiary/aromatic N) is 3. The van der Waals surface area contributed by atoms with E-state index in [1.165, 1.54) is 26.4 Å². The monoisotopic (exact) mass is 695 g/mol. The van der Waals surface area contributed by atoms with Crippen LogP contribution in [0.2, 0.25) is 0 Å². The van der Waals surface area contributed by atoms with Crippen molar-refractivity contribution in [1.29, 1.82) is 0 Å². The molecular weight excluding hydrogens is 646 g/mol. The summed E-state index contributed by atoms with van der Waals surface area (Å²) in [5, 5.41) is 14.0. The maximum atomic E-state index is 13.4. The number of aliphatic hydroxyl groups excluding tert-OH is 1. The molecule has 3 aliphatic rings. The largest absolute Gasteiger partial charge is 0.453 e. The summed E-state index contributed by atoms with van der Waals surface area (Å²) in [5.41, 5.74) is 6.25. The van der Waals surface area contributed by atoms with Gasteiger partial charge in [-0.2, -0.15) is 0 Å². The van der Waals surface area contributed by atoms with Crippen molar-refractivity contribution in [3.63, 3.8) is 0 Å². The second-order valence-corrected chi connectivity index (χ2v) is 14.1. The molecule has 2 aromatic heterocycles. The molecule has 2 aromatic carbocycles. The van der Waals surface area contributed by atoms with Gasteiger partial charge >= 0.3 is 6.09 Å². The van der Waals surface area contributed by atoms with Crippen molar-refractivity contribution in [1.82, 2.24) is 35.5 Å². The number of likely N-dealkylation sites (tertiary alicyclic amines) is 1. The van der Waals surface area contributed by atoms with Crippen LogP contribution in [0.25, 0.3) is 33.6 Å². The number of ether oxygens (including phenoxy) is 1. The van der Waals surface area contributed by atoms with Crippen molar-refractivity contribution in [3.05, 3.63) is 73.1 Å². The van der Waals surface area contributed by atoms with Gasteiger partial charge in [-0.3, -0.25) is 9.59 Å². The van der Waals surface area contributed by atoms with Crippen LogP contribution in [0.5, 0.6) is 0 Å². The fraction of sp³-hybridized carbons (Fsp3) is 0.462. The minimum Gasteiger partial charge on any atom is -0.453 e. The zero-order valence-corrected chi connectivity index (χ0v) is 29.6. The van der Waals surface area contributed by atoms with E-state index >= 15 is 0 Å². The minimum absolute atomic E-state index is 0.0482. The summed E-state index contributed by atoms with van der Waals surface area (Å²) in [6.07, 6.45) is 11.3. The van der Waals surface area contributed by atoms with Gasteiger partial charge < -0.3 is 35.3 Å². The third-order valence-electron chi connectivity index (χ3n) is 10.5. The lowest BCUT2D eigenvalue weighted by atomic mass is 9.88. The summed E-state index contributed by atoms with van der Waals surface area (Å²) in [5.74, 6) is 2.44.